The normalized spacial score (nSPS) is 11.3. The molecule has 7 nitrogen and oxygen atoms in total. The maximum atomic E-state index is 10.8. The molecule has 0 saturated carbocycles. The summed E-state index contributed by atoms with van der Waals surface area (Å²) in [7, 11) is -4.35. The van der Waals surface area contributed by atoms with Crippen molar-refractivity contribution in [1.29, 1.82) is 0 Å². The number of aromatic nitrogens is 3. The standard InChI is InChI=1S/C6H5N3O4S.Ag/c10-3-1-2-4(14(11,12)13)6-5(3)7-9-8-6;/h1-2,10H,(H,7,8,9)(H,11,12,13);/q;+1. The first-order valence-corrected chi connectivity index (χ1v) is 4.94. The Kier molecular flexibility index (Phi) is 3.16. The first-order chi connectivity index (χ1) is 6.50. The summed E-state index contributed by atoms with van der Waals surface area (Å²) in [5, 5.41) is 18.4. The van der Waals surface area contributed by atoms with Crippen LogP contribution < -0.4 is 0 Å². The van der Waals surface area contributed by atoms with Gasteiger partial charge in [-0.1, -0.05) is 0 Å². The molecule has 1 aromatic heterocycles. The fourth-order valence-electron chi connectivity index (χ4n) is 1.10. The molecule has 1 aromatic carbocycles. The van der Waals surface area contributed by atoms with Gasteiger partial charge in [0.1, 0.15) is 16.2 Å². The van der Waals surface area contributed by atoms with Gasteiger partial charge in [0.2, 0.25) is 0 Å². The van der Waals surface area contributed by atoms with Crippen LogP contribution in [0, 0.1) is 0 Å². The fraction of sp³-hybridized carbons (Fsp3) is 0. The summed E-state index contributed by atoms with van der Waals surface area (Å²) in [4.78, 5) is -0.390. The summed E-state index contributed by atoms with van der Waals surface area (Å²) in [6, 6.07) is 2.17. The molecule has 0 aliphatic rings. The molecule has 0 atom stereocenters. The molecule has 0 spiro atoms. The molecule has 0 aliphatic heterocycles. The molecule has 0 aliphatic carbocycles. The number of rotatable bonds is 1. The minimum absolute atomic E-state index is 0. The number of H-pyrrole nitrogens is 1. The number of nitrogens with one attached hydrogen (secondary N) is 1. The Morgan fingerprint density at radius 2 is 1.80 bits per heavy atom. The predicted octanol–water partition coefficient (Wildman–Crippen LogP) is -0.0923. The maximum Gasteiger partial charge on any atom is 1.00 e. The summed E-state index contributed by atoms with van der Waals surface area (Å²) in [5.41, 5.74) is -0.0902. The molecule has 3 N–H and O–H groups in total. The quantitative estimate of drug-likeness (QED) is 0.499. The second-order valence-corrected chi connectivity index (χ2v) is 3.97. The van der Waals surface area contributed by atoms with E-state index in [1.807, 2.05) is 0 Å². The van der Waals surface area contributed by atoms with Crippen molar-refractivity contribution in [2.75, 3.05) is 0 Å². The second-order valence-electron chi connectivity index (χ2n) is 2.58. The largest absolute Gasteiger partial charge is 1.00 e. The molecule has 2 rings (SSSR count). The van der Waals surface area contributed by atoms with Crippen LogP contribution in [0.25, 0.3) is 11.0 Å². The first-order valence-electron chi connectivity index (χ1n) is 3.50. The Bertz CT molecular complexity index is 593. The monoisotopic (exact) mass is 322 g/mol. The maximum absolute atomic E-state index is 10.8. The molecule has 9 heteroatoms. The molecule has 0 saturated heterocycles. The fourth-order valence-corrected chi connectivity index (χ4v) is 1.73. The summed E-state index contributed by atoms with van der Waals surface area (Å²) >= 11 is 0. The van der Waals surface area contributed by atoms with Gasteiger partial charge in [0, 0.05) is 0 Å². The van der Waals surface area contributed by atoms with Crippen LogP contribution in [0.1, 0.15) is 0 Å². The average Bonchev–Trinajstić information content (AvgIpc) is 2.50. The average molecular weight is 323 g/mol. The number of nitrogens with zero attached hydrogens (tertiary/aromatic N) is 2. The van der Waals surface area contributed by atoms with Crippen LogP contribution in [0.4, 0.5) is 0 Å². The van der Waals surface area contributed by atoms with Crippen molar-refractivity contribution in [3.05, 3.63) is 12.1 Å². The zero-order chi connectivity index (χ0) is 10.3. The molecule has 0 fully saturated rings. The van der Waals surface area contributed by atoms with Crippen molar-refractivity contribution in [2.24, 2.45) is 0 Å². The van der Waals surface area contributed by atoms with Crippen molar-refractivity contribution < 1.29 is 40.5 Å². The Morgan fingerprint density at radius 3 is 2.40 bits per heavy atom. The van der Waals surface area contributed by atoms with Crippen molar-refractivity contribution >= 4 is 21.2 Å². The van der Waals surface area contributed by atoms with Crippen LogP contribution in [0.2, 0.25) is 0 Å². The number of benzene rings is 1. The molecule has 84 valence electrons. The molecule has 0 bridgehead atoms. The van der Waals surface area contributed by atoms with Gasteiger partial charge in [-0.15, -0.1) is 0 Å². The number of hydrogen-bond donors (Lipinski definition) is 3. The van der Waals surface area contributed by atoms with Crippen LogP contribution in [0.5, 0.6) is 5.75 Å². The molecule has 0 amide bonds. The Balaban J connectivity index is 0.00000112. The summed E-state index contributed by atoms with van der Waals surface area (Å²) < 4.78 is 30.5. The van der Waals surface area contributed by atoms with Gasteiger partial charge in [0.15, 0.2) is 5.52 Å². The number of hydrogen-bond acceptors (Lipinski definition) is 5. The van der Waals surface area contributed by atoms with E-state index < -0.39 is 10.1 Å². The van der Waals surface area contributed by atoms with Gasteiger partial charge in [0.05, 0.1) is 0 Å². The Hall–Kier alpha value is -0.930. The van der Waals surface area contributed by atoms with Gasteiger partial charge in [-0.3, -0.25) is 4.55 Å². The van der Waals surface area contributed by atoms with Crippen LogP contribution in [-0.2, 0) is 32.5 Å². The van der Waals surface area contributed by atoms with Crippen LogP contribution >= 0.6 is 0 Å². The van der Waals surface area contributed by atoms with E-state index in [1.165, 1.54) is 0 Å². The molecule has 0 radical (unpaired) electrons. The second kappa shape index (κ2) is 3.91. The van der Waals surface area contributed by atoms with E-state index >= 15 is 0 Å². The van der Waals surface area contributed by atoms with Gasteiger partial charge in [-0.05, 0) is 12.1 Å². The Morgan fingerprint density at radius 1 is 1.20 bits per heavy atom. The first kappa shape index (κ1) is 12.1. The zero-order valence-electron chi connectivity index (χ0n) is 6.97. The van der Waals surface area contributed by atoms with Crippen molar-refractivity contribution in [1.82, 2.24) is 15.4 Å². The minimum atomic E-state index is -4.35. The smallest absolute Gasteiger partial charge is 0.506 e. The summed E-state index contributed by atoms with van der Waals surface area (Å²) in [6.07, 6.45) is 0. The third-order valence-electron chi connectivity index (χ3n) is 1.69. The predicted molar refractivity (Wildman–Crippen MR) is 45.4 cm³/mol. The number of aromatic amines is 1. The zero-order valence-corrected chi connectivity index (χ0v) is 9.27. The minimum Gasteiger partial charge on any atom is -0.506 e. The van der Waals surface area contributed by atoms with E-state index in [0.717, 1.165) is 12.1 Å². The SMILES string of the molecule is O=S(=O)(O)c1ccc(O)c2n[nH]nc12.[Ag+]. The molecular formula is C6H5AgN3O4S+. The molecular weight excluding hydrogens is 318 g/mol. The topological polar surface area (TPSA) is 116 Å². The summed E-state index contributed by atoms with van der Waals surface area (Å²) in [6.45, 7) is 0. The number of phenols is 1. The van der Waals surface area contributed by atoms with Gasteiger partial charge in [0.25, 0.3) is 10.1 Å². The van der Waals surface area contributed by atoms with E-state index in [4.69, 9.17) is 4.55 Å². The molecule has 1 heterocycles. The summed E-state index contributed by atoms with van der Waals surface area (Å²) in [5.74, 6) is -0.207. The van der Waals surface area contributed by atoms with Crippen molar-refractivity contribution in [3.8, 4) is 5.75 Å². The van der Waals surface area contributed by atoms with E-state index in [-0.39, 0.29) is 44.1 Å². The third-order valence-corrected chi connectivity index (χ3v) is 2.58. The van der Waals surface area contributed by atoms with Gasteiger partial charge >= 0.3 is 22.4 Å². The third kappa shape index (κ3) is 2.03. The molecule has 15 heavy (non-hydrogen) atoms. The van der Waals surface area contributed by atoms with E-state index in [1.54, 1.807) is 0 Å². The Labute approximate surface area is 99.8 Å². The number of fused-ring (bicyclic) bond motifs is 1. The number of aromatic hydroxyl groups is 1. The van der Waals surface area contributed by atoms with Crippen LogP contribution in [-0.4, -0.2) is 33.5 Å². The molecule has 2 aromatic rings. The van der Waals surface area contributed by atoms with Crippen molar-refractivity contribution in [2.45, 2.75) is 4.90 Å². The number of phenolic OH excluding ortho intramolecular Hbond substituents is 1. The van der Waals surface area contributed by atoms with E-state index in [2.05, 4.69) is 15.4 Å². The van der Waals surface area contributed by atoms with E-state index in [9.17, 15) is 13.5 Å². The van der Waals surface area contributed by atoms with Gasteiger partial charge in [-0.25, -0.2) is 0 Å². The van der Waals surface area contributed by atoms with Gasteiger partial charge in [-0.2, -0.15) is 23.8 Å². The van der Waals surface area contributed by atoms with Crippen LogP contribution in [0.3, 0.4) is 0 Å². The molecule has 0 unspecified atom stereocenters. The van der Waals surface area contributed by atoms with Crippen molar-refractivity contribution in [3.63, 3.8) is 0 Å². The van der Waals surface area contributed by atoms with Crippen LogP contribution in [0.15, 0.2) is 17.0 Å². The van der Waals surface area contributed by atoms with E-state index in [0.29, 0.717) is 0 Å². The van der Waals surface area contributed by atoms with Gasteiger partial charge < -0.3 is 5.11 Å².